The first-order valence-corrected chi connectivity index (χ1v) is 12.7. The number of pyridine rings is 1. The fraction of sp³-hybridized carbons (Fsp3) is 0.583. The third-order valence-electron chi connectivity index (χ3n) is 8.31. The summed E-state index contributed by atoms with van der Waals surface area (Å²) < 4.78 is 6.16. The highest BCUT2D eigenvalue weighted by atomic mass is 32.1. The lowest BCUT2D eigenvalue weighted by atomic mass is 9.48. The number of aromatic amines is 1. The second-order valence-corrected chi connectivity index (χ2v) is 11.2. The largest absolute Gasteiger partial charge is 0.445 e. The number of nitrogens with one attached hydrogen (secondary N) is 1. The van der Waals surface area contributed by atoms with Crippen molar-refractivity contribution in [3.05, 3.63) is 39.1 Å². The normalized spacial score (nSPS) is 34.5. The van der Waals surface area contributed by atoms with Gasteiger partial charge in [-0.25, -0.2) is 9.78 Å². The van der Waals surface area contributed by atoms with Gasteiger partial charge in [-0.3, -0.25) is 14.5 Å². The fourth-order valence-electron chi connectivity index (χ4n) is 7.08. The number of amides is 2. The number of hydrogen-bond donors (Lipinski definition) is 2. The van der Waals surface area contributed by atoms with Crippen molar-refractivity contribution in [3.63, 3.8) is 0 Å². The molecule has 0 aromatic carbocycles. The van der Waals surface area contributed by atoms with Crippen LogP contribution in [0.25, 0.3) is 11.3 Å². The van der Waals surface area contributed by atoms with E-state index < -0.39 is 0 Å². The molecule has 9 heteroatoms. The topological polar surface area (TPSA) is 118 Å². The lowest BCUT2D eigenvalue weighted by Crippen LogP contribution is -2.59. The molecule has 5 fully saturated rings. The Morgan fingerprint density at radius 2 is 2.03 bits per heavy atom. The van der Waals surface area contributed by atoms with Crippen LogP contribution in [-0.2, 0) is 9.53 Å². The van der Waals surface area contributed by atoms with Crippen LogP contribution in [0.1, 0.15) is 56.0 Å². The Balaban J connectivity index is 1.18. The van der Waals surface area contributed by atoms with Crippen LogP contribution in [-0.4, -0.2) is 39.5 Å². The summed E-state index contributed by atoms with van der Waals surface area (Å²) in [7, 11) is 0. The number of nitrogens with two attached hydrogens (primary N) is 1. The van der Waals surface area contributed by atoms with E-state index in [9.17, 15) is 14.4 Å². The van der Waals surface area contributed by atoms with Crippen molar-refractivity contribution in [2.24, 2.45) is 28.9 Å². The fourth-order valence-corrected chi connectivity index (χ4v) is 8.05. The Morgan fingerprint density at radius 3 is 2.76 bits per heavy atom. The zero-order valence-electron chi connectivity index (χ0n) is 18.4. The summed E-state index contributed by atoms with van der Waals surface area (Å²) in [5.41, 5.74) is 6.76. The van der Waals surface area contributed by atoms with Gasteiger partial charge in [0.05, 0.1) is 17.2 Å². The minimum Gasteiger partial charge on any atom is -0.445 e. The van der Waals surface area contributed by atoms with Gasteiger partial charge >= 0.3 is 6.09 Å². The van der Waals surface area contributed by atoms with Gasteiger partial charge in [-0.2, -0.15) is 0 Å². The molecule has 7 rings (SSSR count). The molecule has 2 amide bonds. The first-order valence-electron chi connectivity index (χ1n) is 11.8. The van der Waals surface area contributed by atoms with Crippen molar-refractivity contribution in [1.29, 1.82) is 0 Å². The maximum absolute atomic E-state index is 13.3. The molecule has 5 aliphatic rings. The van der Waals surface area contributed by atoms with Crippen LogP contribution in [0.3, 0.4) is 0 Å². The molecule has 4 aliphatic carbocycles. The van der Waals surface area contributed by atoms with Gasteiger partial charge < -0.3 is 15.5 Å². The summed E-state index contributed by atoms with van der Waals surface area (Å²) in [6.07, 6.45) is 7.45. The summed E-state index contributed by atoms with van der Waals surface area (Å²) >= 11 is 1.52. The molecule has 8 nitrogen and oxygen atoms in total. The van der Waals surface area contributed by atoms with Gasteiger partial charge in [0, 0.05) is 29.8 Å². The number of likely N-dealkylation sites (tertiary alicyclic amines) is 1. The van der Waals surface area contributed by atoms with Gasteiger partial charge in [0.2, 0.25) is 11.5 Å². The first-order chi connectivity index (χ1) is 15.9. The summed E-state index contributed by atoms with van der Waals surface area (Å²) in [5, 5.41) is 2.81. The van der Waals surface area contributed by atoms with Crippen molar-refractivity contribution in [3.8, 4) is 11.3 Å². The number of H-pyrrole nitrogens is 1. The second kappa shape index (κ2) is 7.68. The van der Waals surface area contributed by atoms with Gasteiger partial charge in [-0.1, -0.05) is 0 Å². The molecular weight excluding hydrogens is 440 g/mol. The number of rotatable bonds is 4. The van der Waals surface area contributed by atoms with E-state index in [1.807, 2.05) is 16.3 Å². The lowest BCUT2D eigenvalue weighted by molar-refractivity contribution is -0.161. The Bertz CT molecular complexity index is 1140. The molecule has 174 valence electrons. The molecule has 3 atom stereocenters. The number of thiazole rings is 1. The predicted molar refractivity (Wildman–Crippen MR) is 122 cm³/mol. The van der Waals surface area contributed by atoms with Crippen LogP contribution in [0, 0.1) is 23.2 Å². The van der Waals surface area contributed by atoms with Gasteiger partial charge in [0.25, 0.3) is 0 Å². The highest BCUT2D eigenvalue weighted by molar-refractivity contribution is 7.10. The molecule has 2 aromatic heterocycles. The molecule has 4 saturated carbocycles. The Morgan fingerprint density at radius 1 is 1.24 bits per heavy atom. The van der Waals surface area contributed by atoms with Crippen molar-refractivity contribution in [2.75, 3.05) is 6.54 Å². The summed E-state index contributed by atoms with van der Waals surface area (Å²) in [4.78, 5) is 46.3. The zero-order chi connectivity index (χ0) is 22.7. The Kier molecular flexibility index (Phi) is 4.87. The third-order valence-corrected chi connectivity index (χ3v) is 9.26. The smallest absolute Gasteiger partial charge is 0.410 e. The van der Waals surface area contributed by atoms with Crippen molar-refractivity contribution < 1.29 is 14.3 Å². The lowest BCUT2D eigenvalue weighted by Gasteiger charge is -2.58. The van der Waals surface area contributed by atoms with Crippen molar-refractivity contribution >= 4 is 23.3 Å². The molecule has 0 radical (unpaired) electrons. The second-order valence-electron chi connectivity index (χ2n) is 10.3. The number of primary amides is 1. The van der Waals surface area contributed by atoms with Crippen LogP contribution in [0.15, 0.2) is 28.5 Å². The van der Waals surface area contributed by atoms with Crippen molar-refractivity contribution in [1.82, 2.24) is 14.9 Å². The van der Waals surface area contributed by atoms with E-state index in [0.717, 1.165) is 61.2 Å². The van der Waals surface area contributed by atoms with E-state index in [-0.39, 0.29) is 47.0 Å². The van der Waals surface area contributed by atoms with E-state index >= 15 is 0 Å². The maximum atomic E-state index is 13.3. The summed E-state index contributed by atoms with van der Waals surface area (Å²) in [6.45, 7) is 0.652. The molecule has 3 heterocycles. The van der Waals surface area contributed by atoms with Crippen LogP contribution in [0.2, 0.25) is 0 Å². The summed E-state index contributed by atoms with van der Waals surface area (Å²) in [6, 6.07) is 3.25. The number of aromatic nitrogens is 2. The van der Waals surface area contributed by atoms with Crippen LogP contribution in [0.5, 0.6) is 0 Å². The molecule has 3 N–H and O–H groups in total. The quantitative estimate of drug-likeness (QED) is 0.712. The van der Waals surface area contributed by atoms with Gasteiger partial charge in [0.15, 0.2) is 0 Å². The van der Waals surface area contributed by atoms with E-state index in [2.05, 4.69) is 4.98 Å². The van der Waals surface area contributed by atoms with Crippen LogP contribution < -0.4 is 11.3 Å². The standard InChI is InChI=1S/C24H28N4O4S/c25-22(30)24-9-13-6-15(10-24)20(16(7-13)11-24)32-23(31)28-5-1-2-18(28)21-27-17(12-33-21)14-3-4-26-19(29)8-14/h3-4,8,12-13,15-16,18,20H,1-2,5-7,9-11H2,(H2,25,30)(H,26,29)/t13?,15?,16?,18-,20?,24?/m1/s1. The molecular formula is C24H28N4O4S. The van der Waals surface area contributed by atoms with Gasteiger partial charge in [-0.05, 0) is 68.8 Å². The average Bonchev–Trinajstić information content (AvgIpc) is 3.45. The van der Waals surface area contributed by atoms with E-state index in [4.69, 9.17) is 15.5 Å². The molecule has 2 unspecified atom stereocenters. The molecule has 1 aliphatic heterocycles. The Labute approximate surface area is 195 Å². The first kappa shape index (κ1) is 20.9. The van der Waals surface area contributed by atoms with Gasteiger partial charge in [0.1, 0.15) is 11.1 Å². The van der Waals surface area contributed by atoms with E-state index in [1.54, 1.807) is 6.20 Å². The van der Waals surface area contributed by atoms with E-state index in [0.29, 0.717) is 12.5 Å². The minimum atomic E-state index is -0.383. The molecule has 33 heavy (non-hydrogen) atoms. The number of carbonyl (C=O) groups excluding carboxylic acids is 2. The highest BCUT2D eigenvalue weighted by Crippen LogP contribution is 2.60. The molecule has 2 aromatic rings. The van der Waals surface area contributed by atoms with Gasteiger partial charge in [-0.15, -0.1) is 11.3 Å². The molecule has 1 saturated heterocycles. The molecule has 0 spiro atoms. The average molecular weight is 469 g/mol. The zero-order valence-corrected chi connectivity index (χ0v) is 19.2. The molecule has 4 bridgehead atoms. The third kappa shape index (κ3) is 3.48. The number of nitrogens with zero attached hydrogens (tertiary/aromatic N) is 2. The summed E-state index contributed by atoms with van der Waals surface area (Å²) in [5.74, 6) is 0.822. The number of carbonyl (C=O) groups is 2. The predicted octanol–water partition coefficient (Wildman–Crippen LogP) is 3.45. The SMILES string of the molecule is NC(=O)C12CC3CC(C1)C(OC(=O)N1CCC[C@@H]1c1nc(-c4cc[nH]c(=O)c4)cs1)C(C3)C2. The Hall–Kier alpha value is -2.68. The highest BCUT2D eigenvalue weighted by Gasteiger charge is 2.59. The van der Waals surface area contributed by atoms with Crippen LogP contribution >= 0.6 is 11.3 Å². The number of hydrogen-bond acceptors (Lipinski definition) is 6. The monoisotopic (exact) mass is 468 g/mol. The minimum absolute atomic E-state index is 0.105. The van der Waals surface area contributed by atoms with Crippen LogP contribution in [0.4, 0.5) is 4.79 Å². The van der Waals surface area contributed by atoms with E-state index in [1.165, 1.54) is 17.4 Å². The van der Waals surface area contributed by atoms with Crippen molar-refractivity contribution in [2.45, 2.75) is 57.1 Å². The maximum Gasteiger partial charge on any atom is 0.410 e. The number of ether oxygens (including phenoxy) is 1.